The summed E-state index contributed by atoms with van der Waals surface area (Å²) in [5.41, 5.74) is -1.72. The van der Waals surface area contributed by atoms with Crippen LogP contribution in [0.4, 0.5) is 17.6 Å². The Bertz CT molecular complexity index is 430. The molecule has 1 aromatic carbocycles. The van der Waals surface area contributed by atoms with Crippen molar-refractivity contribution >= 4 is 33.3 Å². The predicted molar refractivity (Wildman–Crippen MR) is 54.5 cm³/mol. The van der Waals surface area contributed by atoms with Gasteiger partial charge < -0.3 is 0 Å². The second kappa shape index (κ2) is 4.71. The number of ketones is 1. The number of alkyl halides is 4. The van der Waals surface area contributed by atoms with Crippen molar-refractivity contribution in [2.75, 3.05) is 5.33 Å². The van der Waals surface area contributed by atoms with Crippen LogP contribution < -0.4 is 0 Å². The van der Waals surface area contributed by atoms with Gasteiger partial charge in [-0.05, 0) is 12.1 Å². The lowest BCUT2D eigenvalue weighted by molar-refractivity contribution is -0.137. The number of benzene rings is 1. The van der Waals surface area contributed by atoms with Crippen molar-refractivity contribution in [3.8, 4) is 0 Å². The Morgan fingerprint density at radius 2 is 1.94 bits per heavy atom. The molecule has 0 radical (unpaired) electrons. The second-order valence-electron chi connectivity index (χ2n) is 2.87. The fraction of sp³-hybridized carbons (Fsp3) is 0.222. The molecule has 0 N–H and O–H groups in total. The Morgan fingerprint density at radius 1 is 1.38 bits per heavy atom. The van der Waals surface area contributed by atoms with E-state index in [0.717, 1.165) is 0 Å². The molecule has 0 fully saturated rings. The highest BCUT2D eigenvalue weighted by Gasteiger charge is 2.33. The molecule has 0 aromatic heterocycles. The van der Waals surface area contributed by atoms with Gasteiger partial charge in [0, 0.05) is 5.56 Å². The maximum absolute atomic E-state index is 13.1. The van der Waals surface area contributed by atoms with Gasteiger partial charge in [0.25, 0.3) is 0 Å². The van der Waals surface area contributed by atoms with E-state index >= 15 is 0 Å². The van der Waals surface area contributed by atoms with Gasteiger partial charge in [-0.25, -0.2) is 4.39 Å². The molecule has 88 valence electrons. The van der Waals surface area contributed by atoms with Crippen LogP contribution in [0.5, 0.6) is 0 Å². The van der Waals surface area contributed by atoms with Gasteiger partial charge in [0.2, 0.25) is 0 Å². The van der Waals surface area contributed by atoms with E-state index in [4.69, 9.17) is 11.6 Å². The maximum atomic E-state index is 13.1. The van der Waals surface area contributed by atoms with Crippen molar-refractivity contribution in [2.24, 2.45) is 0 Å². The molecular weight excluding hydrogens is 315 g/mol. The van der Waals surface area contributed by atoms with Gasteiger partial charge in [0.1, 0.15) is 5.82 Å². The number of halogens is 6. The average molecular weight is 319 g/mol. The number of Topliss-reactive ketones (excluding diaryl/α,β-unsaturated/α-hetero) is 1. The SMILES string of the molecule is O=C(CBr)c1cc(C(F)(F)F)cc(F)c1Cl. The molecule has 0 amide bonds. The molecule has 0 heterocycles. The zero-order chi connectivity index (χ0) is 12.5. The fourth-order valence-electron chi connectivity index (χ4n) is 1.03. The third-order valence-corrected chi connectivity index (χ3v) is 2.67. The first-order valence-electron chi connectivity index (χ1n) is 3.92. The Labute approximate surface area is 102 Å². The highest BCUT2D eigenvalue weighted by atomic mass is 79.9. The van der Waals surface area contributed by atoms with Crippen LogP contribution in [0, 0.1) is 5.82 Å². The molecule has 7 heteroatoms. The molecule has 0 atom stereocenters. The van der Waals surface area contributed by atoms with Gasteiger partial charge in [0.05, 0.1) is 15.9 Å². The Morgan fingerprint density at radius 3 is 2.38 bits per heavy atom. The Kier molecular flexibility index (Phi) is 3.96. The van der Waals surface area contributed by atoms with Crippen LogP contribution in [-0.4, -0.2) is 11.1 Å². The number of carbonyl (C=O) groups is 1. The lowest BCUT2D eigenvalue weighted by Gasteiger charge is -2.10. The largest absolute Gasteiger partial charge is 0.416 e. The molecule has 0 bridgehead atoms. The van der Waals surface area contributed by atoms with Crippen molar-refractivity contribution in [1.82, 2.24) is 0 Å². The summed E-state index contributed by atoms with van der Waals surface area (Å²) in [6.07, 6.45) is -4.72. The number of rotatable bonds is 2. The van der Waals surface area contributed by atoms with Crippen LogP contribution in [0.1, 0.15) is 15.9 Å². The third kappa shape index (κ3) is 2.74. The highest BCUT2D eigenvalue weighted by molar-refractivity contribution is 9.09. The smallest absolute Gasteiger partial charge is 0.293 e. The summed E-state index contributed by atoms with van der Waals surface area (Å²) < 4.78 is 50.0. The van der Waals surface area contributed by atoms with Crippen LogP contribution in [0.15, 0.2) is 12.1 Å². The van der Waals surface area contributed by atoms with E-state index in [9.17, 15) is 22.4 Å². The van der Waals surface area contributed by atoms with Gasteiger partial charge in [-0.3, -0.25) is 4.79 Å². The van der Waals surface area contributed by atoms with Crippen molar-refractivity contribution < 1.29 is 22.4 Å². The second-order valence-corrected chi connectivity index (χ2v) is 3.81. The summed E-state index contributed by atoms with van der Waals surface area (Å²) in [6.45, 7) is 0. The maximum Gasteiger partial charge on any atom is 0.416 e. The molecule has 0 aliphatic carbocycles. The number of hydrogen-bond donors (Lipinski definition) is 0. The molecule has 0 unspecified atom stereocenters. The topological polar surface area (TPSA) is 17.1 Å². The van der Waals surface area contributed by atoms with Crippen molar-refractivity contribution in [1.29, 1.82) is 0 Å². The molecule has 0 aliphatic rings. The van der Waals surface area contributed by atoms with Gasteiger partial charge in [-0.1, -0.05) is 27.5 Å². The third-order valence-electron chi connectivity index (χ3n) is 1.78. The molecule has 1 rings (SSSR count). The molecule has 0 saturated carbocycles. The van der Waals surface area contributed by atoms with Crippen molar-refractivity contribution in [3.63, 3.8) is 0 Å². The quantitative estimate of drug-likeness (QED) is 0.456. The van der Waals surface area contributed by atoms with E-state index in [-0.39, 0.29) is 11.4 Å². The summed E-state index contributed by atoms with van der Waals surface area (Å²) in [5.74, 6) is -1.98. The summed E-state index contributed by atoms with van der Waals surface area (Å²) in [7, 11) is 0. The molecule has 0 aliphatic heterocycles. The van der Waals surface area contributed by atoms with Gasteiger partial charge in [0.15, 0.2) is 5.78 Å². The van der Waals surface area contributed by atoms with E-state index in [1.807, 2.05) is 0 Å². The normalized spacial score (nSPS) is 11.6. The van der Waals surface area contributed by atoms with Gasteiger partial charge >= 0.3 is 6.18 Å². The summed E-state index contributed by atoms with van der Waals surface area (Å²) >= 11 is 8.18. The molecular formula is C9H4BrClF4O. The van der Waals surface area contributed by atoms with Crippen LogP contribution in [0.25, 0.3) is 0 Å². The van der Waals surface area contributed by atoms with Crippen LogP contribution in [-0.2, 0) is 6.18 Å². The highest BCUT2D eigenvalue weighted by Crippen LogP contribution is 2.33. The summed E-state index contributed by atoms with van der Waals surface area (Å²) in [4.78, 5) is 11.2. The monoisotopic (exact) mass is 318 g/mol. The van der Waals surface area contributed by atoms with Crippen LogP contribution in [0.2, 0.25) is 5.02 Å². The predicted octanol–water partition coefficient (Wildman–Crippen LogP) is 4.08. The number of carbonyl (C=O) groups excluding carboxylic acids is 1. The minimum Gasteiger partial charge on any atom is -0.293 e. The van der Waals surface area contributed by atoms with E-state index in [2.05, 4.69) is 15.9 Å². The molecule has 0 saturated heterocycles. The standard InChI is InChI=1S/C9H4BrClF4O/c10-3-7(16)5-1-4(9(13,14)15)2-6(12)8(5)11/h1-2H,3H2. The molecule has 16 heavy (non-hydrogen) atoms. The van der Waals surface area contributed by atoms with Crippen LogP contribution in [0.3, 0.4) is 0 Å². The average Bonchev–Trinajstić information content (AvgIpc) is 2.19. The summed E-state index contributed by atoms with van der Waals surface area (Å²) in [6, 6.07) is 0.794. The molecule has 1 aromatic rings. The number of hydrogen-bond acceptors (Lipinski definition) is 1. The lowest BCUT2D eigenvalue weighted by Crippen LogP contribution is -2.10. The Hall–Kier alpha value is -0.620. The summed E-state index contributed by atoms with van der Waals surface area (Å²) in [5, 5.41) is -0.828. The van der Waals surface area contributed by atoms with Gasteiger partial charge in [-0.2, -0.15) is 13.2 Å². The molecule has 0 spiro atoms. The minimum atomic E-state index is -4.72. The molecule has 1 nitrogen and oxygen atoms in total. The van der Waals surface area contributed by atoms with E-state index in [1.165, 1.54) is 0 Å². The lowest BCUT2D eigenvalue weighted by atomic mass is 10.1. The van der Waals surface area contributed by atoms with Crippen molar-refractivity contribution in [3.05, 3.63) is 34.1 Å². The van der Waals surface area contributed by atoms with Gasteiger partial charge in [-0.15, -0.1) is 0 Å². The van der Waals surface area contributed by atoms with E-state index in [1.54, 1.807) is 0 Å². The Balaban J connectivity index is 3.39. The van der Waals surface area contributed by atoms with Crippen LogP contribution >= 0.6 is 27.5 Å². The van der Waals surface area contributed by atoms with E-state index in [0.29, 0.717) is 6.07 Å². The fourth-order valence-corrected chi connectivity index (χ4v) is 1.54. The van der Waals surface area contributed by atoms with Crippen molar-refractivity contribution in [2.45, 2.75) is 6.18 Å². The zero-order valence-corrected chi connectivity index (χ0v) is 9.88. The minimum absolute atomic E-state index is 0.229. The zero-order valence-electron chi connectivity index (χ0n) is 7.54. The first-order chi connectivity index (χ1) is 7.27. The van der Waals surface area contributed by atoms with E-state index < -0.39 is 33.9 Å². The first kappa shape index (κ1) is 13.4. The first-order valence-corrected chi connectivity index (χ1v) is 5.42.